The third-order valence-electron chi connectivity index (χ3n) is 4.85. The second-order valence-corrected chi connectivity index (χ2v) is 9.76. The largest absolute Gasteiger partial charge is 0.391 e. The Balaban J connectivity index is 2.03. The Labute approximate surface area is 174 Å². The van der Waals surface area contributed by atoms with Crippen molar-refractivity contribution < 1.29 is 18.3 Å². The lowest BCUT2D eigenvalue weighted by atomic mass is 10.1. The summed E-state index contributed by atoms with van der Waals surface area (Å²) in [5.41, 5.74) is 1.52. The molecule has 0 unspecified atom stereocenters. The van der Waals surface area contributed by atoms with Gasteiger partial charge in [0.15, 0.2) is 0 Å². The average molecular weight is 443 g/mol. The number of carbonyl (C=O) groups excluding carboxylic acids is 1. The highest BCUT2D eigenvalue weighted by Crippen LogP contribution is 2.42. The summed E-state index contributed by atoms with van der Waals surface area (Å²) in [6, 6.07) is 8.20. The third-order valence-corrected chi connectivity index (χ3v) is 7.24. The molecule has 0 fully saturated rings. The fourth-order valence-electron chi connectivity index (χ4n) is 3.43. The van der Waals surface area contributed by atoms with Gasteiger partial charge in [0.05, 0.1) is 17.0 Å². The average Bonchev–Trinajstić information content (AvgIpc) is 2.96. The molecule has 6 nitrogen and oxygen atoms in total. The fraction of sp³-hybridized carbons (Fsp3) is 0.316. The number of rotatable bonds is 4. The normalized spacial score (nSPS) is 19.0. The summed E-state index contributed by atoms with van der Waals surface area (Å²) in [6.07, 6.45) is -0.730. The highest BCUT2D eigenvalue weighted by Gasteiger charge is 2.40. The van der Waals surface area contributed by atoms with Crippen LogP contribution in [0.4, 0.5) is 0 Å². The van der Waals surface area contributed by atoms with E-state index in [1.807, 2.05) is 0 Å². The Kier molecular flexibility index (Phi) is 5.76. The van der Waals surface area contributed by atoms with Crippen molar-refractivity contribution in [2.45, 2.75) is 23.5 Å². The highest BCUT2D eigenvalue weighted by atomic mass is 35.5. The lowest BCUT2D eigenvalue weighted by molar-refractivity contribution is 0.0827. The maximum Gasteiger partial charge on any atom is 0.253 e. The smallest absolute Gasteiger partial charge is 0.253 e. The quantitative estimate of drug-likeness (QED) is 0.789. The van der Waals surface area contributed by atoms with Crippen molar-refractivity contribution >= 4 is 39.1 Å². The number of carbonyl (C=O) groups is 1. The first-order chi connectivity index (χ1) is 13.0. The van der Waals surface area contributed by atoms with E-state index in [0.29, 0.717) is 21.2 Å². The number of hydrogen-bond acceptors (Lipinski definition) is 4. The van der Waals surface area contributed by atoms with Gasteiger partial charge in [0.2, 0.25) is 10.0 Å². The zero-order valence-corrected chi connectivity index (χ0v) is 17.9. The number of sulfonamides is 1. The lowest BCUT2D eigenvalue weighted by Gasteiger charge is -2.27. The van der Waals surface area contributed by atoms with Crippen molar-refractivity contribution in [1.82, 2.24) is 9.21 Å². The van der Waals surface area contributed by atoms with Crippen LogP contribution in [0.1, 0.15) is 27.5 Å². The molecular weight excluding hydrogens is 423 g/mol. The molecule has 9 heteroatoms. The van der Waals surface area contributed by atoms with Crippen molar-refractivity contribution in [2.75, 3.05) is 21.1 Å². The lowest BCUT2D eigenvalue weighted by Crippen LogP contribution is -2.36. The fourth-order valence-corrected chi connectivity index (χ4v) is 5.43. The Morgan fingerprint density at radius 2 is 1.82 bits per heavy atom. The number of aliphatic hydroxyl groups excluding tert-OH is 1. The Bertz CT molecular complexity index is 1040. The zero-order chi connectivity index (χ0) is 20.8. The van der Waals surface area contributed by atoms with Crippen molar-refractivity contribution in [3.05, 3.63) is 63.1 Å². The predicted molar refractivity (Wildman–Crippen MR) is 108 cm³/mol. The predicted octanol–water partition coefficient (Wildman–Crippen LogP) is 2.97. The van der Waals surface area contributed by atoms with E-state index in [1.54, 1.807) is 32.3 Å². The third kappa shape index (κ3) is 3.65. The highest BCUT2D eigenvalue weighted by molar-refractivity contribution is 7.89. The summed E-state index contributed by atoms with van der Waals surface area (Å²) in [7, 11) is 0.592. The molecule has 1 N–H and O–H groups in total. The molecule has 150 valence electrons. The molecule has 2 aromatic rings. The summed E-state index contributed by atoms with van der Waals surface area (Å²) < 4.78 is 27.5. The van der Waals surface area contributed by atoms with Gasteiger partial charge in [0.1, 0.15) is 0 Å². The van der Waals surface area contributed by atoms with Crippen molar-refractivity contribution in [3.8, 4) is 0 Å². The molecule has 3 rings (SSSR count). The van der Waals surface area contributed by atoms with Crippen LogP contribution in [0.2, 0.25) is 10.0 Å². The van der Waals surface area contributed by atoms with Crippen LogP contribution in [-0.4, -0.2) is 55.9 Å². The van der Waals surface area contributed by atoms with E-state index in [0.717, 1.165) is 4.31 Å². The Morgan fingerprint density at radius 3 is 2.46 bits per heavy atom. The minimum atomic E-state index is -3.99. The first-order valence-electron chi connectivity index (χ1n) is 8.49. The minimum absolute atomic E-state index is 0.0310. The molecule has 0 saturated carbocycles. The van der Waals surface area contributed by atoms with Gasteiger partial charge >= 0.3 is 0 Å². The van der Waals surface area contributed by atoms with Gasteiger partial charge in [-0.25, -0.2) is 8.42 Å². The number of amides is 1. The number of likely N-dealkylation sites (N-methyl/N-ethyl adjacent to an activating group) is 1. The second kappa shape index (κ2) is 7.65. The monoisotopic (exact) mass is 442 g/mol. The van der Waals surface area contributed by atoms with Crippen LogP contribution < -0.4 is 0 Å². The van der Waals surface area contributed by atoms with Crippen LogP contribution in [0.3, 0.4) is 0 Å². The van der Waals surface area contributed by atoms with E-state index < -0.39 is 22.2 Å². The maximum absolute atomic E-state index is 13.2. The molecule has 0 saturated heterocycles. The van der Waals surface area contributed by atoms with E-state index in [-0.39, 0.29) is 22.8 Å². The summed E-state index contributed by atoms with van der Waals surface area (Å²) in [5.74, 6) is -0.301. The van der Waals surface area contributed by atoms with Gasteiger partial charge in [0, 0.05) is 43.2 Å². The molecular formula is C19H20Cl2N2O4S. The van der Waals surface area contributed by atoms with Crippen LogP contribution in [0.15, 0.2) is 41.3 Å². The number of hydrogen-bond donors (Lipinski definition) is 1. The molecule has 28 heavy (non-hydrogen) atoms. The first kappa shape index (κ1) is 21.1. The summed E-state index contributed by atoms with van der Waals surface area (Å²) in [6.45, 7) is 0. The SMILES string of the molecule is CN(C)C(=O)c1cccc(S(=O)(=O)N(C)[C@H]2c3cc(Cl)cc(Cl)c3C[C@@H]2O)c1. The van der Waals surface area contributed by atoms with Gasteiger partial charge < -0.3 is 10.0 Å². The van der Waals surface area contributed by atoms with E-state index in [1.165, 1.54) is 30.1 Å². The van der Waals surface area contributed by atoms with Crippen molar-refractivity contribution in [1.29, 1.82) is 0 Å². The molecule has 2 atom stereocenters. The van der Waals surface area contributed by atoms with Gasteiger partial charge in [-0.05, 0) is 41.5 Å². The number of halogens is 2. The Hall–Kier alpha value is -1.64. The summed E-state index contributed by atoms with van der Waals surface area (Å²) in [4.78, 5) is 13.5. The minimum Gasteiger partial charge on any atom is -0.391 e. The molecule has 0 aliphatic heterocycles. The van der Waals surface area contributed by atoms with Gasteiger partial charge in [-0.2, -0.15) is 4.31 Å². The van der Waals surface area contributed by atoms with Gasteiger partial charge in [-0.15, -0.1) is 0 Å². The van der Waals surface area contributed by atoms with Crippen molar-refractivity contribution in [2.24, 2.45) is 0 Å². The molecule has 0 radical (unpaired) electrons. The van der Waals surface area contributed by atoms with Crippen molar-refractivity contribution in [3.63, 3.8) is 0 Å². The van der Waals surface area contributed by atoms with Gasteiger partial charge in [0.25, 0.3) is 5.91 Å². The molecule has 1 aliphatic rings. The first-order valence-corrected chi connectivity index (χ1v) is 10.7. The van der Waals surface area contributed by atoms with Crippen LogP contribution in [0.5, 0.6) is 0 Å². The van der Waals surface area contributed by atoms with Gasteiger partial charge in [-0.1, -0.05) is 29.3 Å². The molecule has 0 bridgehead atoms. The van der Waals surface area contributed by atoms with Crippen LogP contribution in [0.25, 0.3) is 0 Å². The number of benzene rings is 2. The van der Waals surface area contributed by atoms with Crippen LogP contribution >= 0.6 is 23.2 Å². The number of aliphatic hydroxyl groups is 1. The van der Waals surface area contributed by atoms with E-state index in [4.69, 9.17) is 23.2 Å². The van der Waals surface area contributed by atoms with Crippen LogP contribution in [0, 0.1) is 0 Å². The molecule has 1 amide bonds. The maximum atomic E-state index is 13.2. The number of fused-ring (bicyclic) bond motifs is 1. The molecule has 0 spiro atoms. The van der Waals surface area contributed by atoms with Crippen LogP contribution in [-0.2, 0) is 16.4 Å². The summed E-state index contributed by atoms with van der Waals surface area (Å²) in [5, 5.41) is 11.3. The van der Waals surface area contributed by atoms with E-state index in [2.05, 4.69) is 0 Å². The zero-order valence-electron chi connectivity index (χ0n) is 15.6. The molecule has 1 aliphatic carbocycles. The second-order valence-electron chi connectivity index (χ2n) is 6.92. The standard InChI is InChI=1S/C19H20Cl2N2O4S/c1-22(2)19(25)11-5-4-6-13(7-11)28(26,27)23(3)18-15-8-12(20)9-16(21)14(15)10-17(18)24/h4-9,17-18,24H,10H2,1-3H3/t17-,18-/m0/s1. The summed E-state index contributed by atoms with van der Waals surface area (Å²) >= 11 is 12.3. The molecule has 0 heterocycles. The number of nitrogens with zero attached hydrogens (tertiary/aromatic N) is 2. The topological polar surface area (TPSA) is 77.9 Å². The Morgan fingerprint density at radius 1 is 1.14 bits per heavy atom. The molecule has 0 aromatic heterocycles. The van der Waals surface area contributed by atoms with E-state index >= 15 is 0 Å². The molecule has 2 aromatic carbocycles. The van der Waals surface area contributed by atoms with E-state index in [9.17, 15) is 18.3 Å². The van der Waals surface area contributed by atoms with Gasteiger partial charge in [-0.3, -0.25) is 4.79 Å².